The van der Waals surface area contributed by atoms with E-state index in [9.17, 15) is 0 Å². The average molecular weight is 232 g/mol. The van der Waals surface area contributed by atoms with Gasteiger partial charge < -0.3 is 5.32 Å². The molecule has 2 rings (SSSR count). The summed E-state index contributed by atoms with van der Waals surface area (Å²) in [5.74, 6) is 0. The standard InChI is InChI=1S/C15H24N2/c1-12-9-13(2)11-15(10-12)14(3)17-7-4-5-16-6-8-17/h9-11,14,16H,4-8H2,1-3H3. The molecule has 1 fully saturated rings. The highest BCUT2D eigenvalue weighted by atomic mass is 15.2. The third-order valence-corrected chi connectivity index (χ3v) is 3.65. The van der Waals surface area contributed by atoms with Crippen molar-refractivity contribution in [1.82, 2.24) is 10.2 Å². The van der Waals surface area contributed by atoms with Crippen LogP contribution >= 0.6 is 0 Å². The molecule has 2 nitrogen and oxygen atoms in total. The van der Waals surface area contributed by atoms with Gasteiger partial charge in [-0.3, -0.25) is 4.90 Å². The first-order chi connectivity index (χ1) is 8.16. The topological polar surface area (TPSA) is 15.3 Å². The second-order valence-corrected chi connectivity index (χ2v) is 5.24. The Bertz CT molecular complexity index is 345. The van der Waals surface area contributed by atoms with Crippen LogP contribution < -0.4 is 5.32 Å². The fraction of sp³-hybridized carbons (Fsp3) is 0.600. The van der Waals surface area contributed by atoms with Crippen LogP contribution in [0, 0.1) is 13.8 Å². The molecule has 1 aliphatic rings. The summed E-state index contributed by atoms with van der Waals surface area (Å²) >= 11 is 0. The van der Waals surface area contributed by atoms with Crippen LogP contribution in [0.25, 0.3) is 0 Å². The average Bonchev–Trinajstić information content (AvgIpc) is 2.55. The molecule has 1 aliphatic heterocycles. The summed E-state index contributed by atoms with van der Waals surface area (Å²) in [5, 5.41) is 3.46. The molecule has 1 atom stereocenters. The monoisotopic (exact) mass is 232 g/mol. The lowest BCUT2D eigenvalue weighted by Crippen LogP contribution is -2.30. The van der Waals surface area contributed by atoms with Crippen LogP contribution in [-0.4, -0.2) is 31.1 Å². The molecule has 0 amide bonds. The van der Waals surface area contributed by atoms with Gasteiger partial charge in [-0.25, -0.2) is 0 Å². The highest BCUT2D eigenvalue weighted by Gasteiger charge is 2.17. The smallest absolute Gasteiger partial charge is 0.0320 e. The molecule has 1 heterocycles. The van der Waals surface area contributed by atoms with E-state index >= 15 is 0 Å². The van der Waals surface area contributed by atoms with Crippen molar-refractivity contribution < 1.29 is 0 Å². The lowest BCUT2D eigenvalue weighted by molar-refractivity contribution is 0.225. The maximum absolute atomic E-state index is 3.46. The van der Waals surface area contributed by atoms with E-state index in [1.54, 1.807) is 0 Å². The van der Waals surface area contributed by atoms with Gasteiger partial charge in [-0.2, -0.15) is 0 Å². The molecule has 94 valence electrons. The molecule has 2 heteroatoms. The van der Waals surface area contributed by atoms with E-state index < -0.39 is 0 Å². The van der Waals surface area contributed by atoms with Crippen molar-refractivity contribution in [3.63, 3.8) is 0 Å². The number of nitrogens with zero attached hydrogens (tertiary/aromatic N) is 1. The molecule has 0 spiro atoms. The quantitative estimate of drug-likeness (QED) is 0.843. The SMILES string of the molecule is Cc1cc(C)cc(C(C)N2CCCNCC2)c1. The Kier molecular flexibility index (Phi) is 4.19. The van der Waals surface area contributed by atoms with E-state index in [-0.39, 0.29) is 0 Å². The van der Waals surface area contributed by atoms with Crippen LogP contribution in [0.3, 0.4) is 0 Å². The van der Waals surface area contributed by atoms with Gasteiger partial charge in [0.1, 0.15) is 0 Å². The Morgan fingerprint density at radius 2 is 1.76 bits per heavy atom. The van der Waals surface area contributed by atoms with Gasteiger partial charge in [-0.1, -0.05) is 29.3 Å². The number of rotatable bonds is 2. The van der Waals surface area contributed by atoms with Crippen molar-refractivity contribution in [1.29, 1.82) is 0 Å². The van der Waals surface area contributed by atoms with Gasteiger partial charge in [0, 0.05) is 19.1 Å². The highest BCUT2D eigenvalue weighted by Crippen LogP contribution is 2.22. The fourth-order valence-corrected chi connectivity index (χ4v) is 2.72. The van der Waals surface area contributed by atoms with Crippen molar-refractivity contribution in [3.05, 3.63) is 34.9 Å². The van der Waals surface area contributed by atoms with Crippen LogP contribution in [0.15, 0.2) is 18.2 Å². The molecule has 0 radical (unpaired) electrons. The molecule has 1 unspecified atom stereocenters. The lowest BCUT2D eigenvalue weighted by Gasteiger charge is -2.28. The van der Waals surface area contributed by atoms with E-state index in [1.165, 1.54) is 29.7 Å². The number of hydrogen-bond acceptors (Lipinski definition) is 2. The van der Waals surface area contributed by atoms with Gasteiger partial charge in [-0.05, 0) is 45.8 Å². The minimum Gasteiger partial charge on any atom is -0.315 e. The Morgan fingerprint density at radius 3 is 2.47 bits per heavy atom. The third-order valence-electron chi connectivity index (χ3n) is 3.65. The maximum atomic E-state index is 3.46. The molecule has 0 bridgehead atoms. The van der Waals surface area contributed by atoms with Gasteiger partial charge >= 0.3 is 0 Å². The molecule has 0 aromatic heterocycles. The molecule has 1 saturated heterocycles. The van der Waals surface area contributed by atoms with Gasteiger partial charge in [0.2, 0.25) is 0 Å². The summed E-state index contributed by atoms with van der Waals surface area (Å²) in [7, 11) is 0. The van der Waals surface area contributed by atoms with Crippen LogP contribution in [0.4, 0.5) is 0 Å². The van der Waals surface area contributed by atoms with Crippen molar-refractivity contribution in [2.75, 3.05) is 26.2 Å². The molecular formula is C15H24N2. The van der Waals surface area contributed by atoms with Crippen molar-refractivity contribution >= 4 is 0 Å². The van der Waals surface area contributed by atoms with Crippen molar-refractivity contribution in [3.8, 4) is 0 Å². The predicted molar refractivity (Wildman–Crippen MR) is 73.4 cm³/mol. The Labute approximate surface area is 105 Å². The first kappa shape index (κ1) is 12.6. The van der Waals surface area contributed by atoms with Gasteiger partial charge in [0.25, 0.3) is 0 Å². The zero-order valence-corrected chi connectivity index (χ0v) is 11.3. The lowest BCUT2D eigenvalue weighted by atomic mass is 10.0. The van der Waals surface area contributed by atoms with E-state index in [1.807, 2.05) is 0 Å². The number of benzene rings is 1. The Balaban J connectivity index is 2.14. The predicted octanol–water partition coefficient (Wildman–Crippen LogP) is 2.66. The zero-order valence-electron chi connectivity index (χ0n) is 11.3. The van der Waals surface area contributed by atoms with Crippen molar-refractivity contribution in [2.24, 2.45) is 0 Å². The van der Waals surface area contributed by atoms with E-state index in [0.717, 1.165) is 19.6 Å². The summed E-state index contributed by atoms with van der Waals surface area (Å²) in [6, 6.07) is 7.44. The number of hydrogen-bond donors (Lipinski definition) is 1. The molecule has 1 aromatic rings. The Hall–Kier alpha value is -0.860. The zero-order chi connectivity index (χ0) is 12.3. The summed E-state index contributed by atoms with van der Waals surface area (Å²) in [6.07, 6.45) is 1.26. The molecule has 0 aliphatic carbocycles. The normalized spacial score (nSPS) is 19.9. The molecular weight excluding hydrogens is 208 g/mol. The van der Waals surface area contributed by atoms with Gasteiger partial charge in [0.05, 0.1) is 0 Å². The third kappa shape index (κ3) is 3.30. The Morgan fingerprint density at radius 1 is 1.06 bits per heavy atom. The van der Waals surface area contributed by atoms with E-state index in [4.69, 9.17) is 0 Å². The minimum absolute atomic E-state index is 0.536. The van der Waals surface area contributed by atoms with Gasteiger partial charge in [0.15, 0.2) is 0 Å². The largest absolute Gasteiger partial charge is 0.315 e. The summed E-state index contributed by atoms with van der Waals surface area (Å²) in [4.78, 5) is 2.59. The second-order valence-electron chi connectivity index (χ2n) is 5.24. The molecule has 1 aromatic carbocycles. The first-order valence-electron chi connectivity index (χ1n) is 6.70. The van der Waals surface area contributed by atoms with E-state index in [0.29, 0.717) is 6.04 Å². The second kappa shape index (κ2) is 5.65. The first-order valence-corrected chi connectivity index (χ1v) is 6.70. The summed E-state index contributed by atoms with van der Waals surface area (Å²) in [5.41, 5.74) is 4.21. The maximum Gasteiger partial charge on any atom is 0.0320 e. The fourth-order valence-electron chi connectivity index (χ4n) is 2.72. The van der Waals surface area contributed by atoms with Crippen LogP contribution in [0.1, 0.15) is 36.1 Å². The highest BCUT2D eigenvalue weighted by molar-refractivity contribution is 5.30. The van der Waals surface area contributed by atoms with Gasteiger partial charge in [-0.15, -0.1) is 0 Å². The van der Waals surface area contributed by atoms with Crippen LogP contribution in [0.5, 0.6) is 0 Å². The summed E-state index contributed by atoms with van der Waals surface area (Å²) < 4.78 is 0. The van der Waals surface area contributed by atoms with Crippen LogP contribution in [-0.2, 0) is 0 Å². The van der Waals surface area contributed by atoms with Crippen molar-refractivity contribution in [2.45, 2.75) is 33.2 Å². The number of nitrogens with one attached hydrogen (secondary N) is 1. The molecule has 17 heavy (non-hydrogen) atoms. The molecule has 0 saturated carbocycles. The summed E-state index contributed by atoms with van der Waals surface area (Å²) in [6.45, 7) is 11.4. The molecule has 1 N–H and O–H groups in total. The number of aryl methyl sites for hydroxylation is 2. The van der Waals surface area contributed by atoms with Crippen LogP contribution in [0.2, 0.25) is 0 Å². The van der Waals surface area contributed by atoms with E-state index in [2.05, 4.69) is 49.2 Å². The minimum atomic E-state index is 0.536.